The molecule has 0 aliphatic carbocycles. The van der Waals surface area contributed by atoms with E-state index in [4.69, 9.17) is 9.47 Å². The second-order valence-corrected chi connectivity index (χ2v) is 4.01. The second-order valence-electron chi connectivity index (χ2n) is 4.01. The zero-order valence-corrected chi connectivity index (χ0v) is 8.96. The van der Waals surface area contributed by atoms with Gasteiger partial charge in [-0.25, -0.2) is 4.98 Å². The molecule has 5 heteroatoms. The Balaban J connectivity index is 1.90. The maximum atomic E-state index is 5.38. The van der Waals surface area contributed by atoms with Crippen molar-refractivity contribution in [3.8, 4) is 11.5 Å². The maximum absolute atomic E-state index is 5.38. The van der Waals surface area contributed by atoms with Crippen molar-refractivity contribution >= 4 is 11.9 Å². The lowest BCUT2D eigenvalue weighted by Crippen LogP contribution is -2.01. The van der Waals surface area contributed by atoms with Crippen LogP contribution in [0, 0.1) is 0 Å². The fourth-order valence-electron chi connectivity index (χ4n) is 2.11. The highest BCUT2D eigenvalue weighted by molar-refractivity contribution is 5.80. The fourth-order valence-corrected chi connectivity index (χ4v) is 2.11. The van der Waals surface area contributed by atoms with Gasteiger partial charge in [0, 0.05) is 24.0 Å². The molecule has 84 valence electrons. The summed E-state index contributed by atoms with van der Waals surface area (Å²) < 4.78 is 12.8. The van der Waals surface area contributed by atoms with Gasteiger partial charge >= 0.3 is 0 Å². The molecule has 3 heterocycles. The second kappa shape index (κ2) is 3.10. The van der Waals surface area contributed by atoms with Crippen molar-refractivity contribution in [3.63, 3.8) is 0 Å². The minimum Gasteiger partial charge on any atom is -0.454 e. The van der Waals surface area contributed by atoms with E-state index in [1.54, 1.807) is 12.4 Å². The van der Waals surface area contributed by atoms with Crippen LogP contribution in [-0.4, -0.2) is 22.6 Å². The average molecular weight is 227 g/mol. The molecule has 2 aliphatic heterocycles. The number of aromatic nitrogens is 2. The first-order valence-electron chi connectivity index (χ1n) is 5.38. The Hall–Kier alpha value is -2.30. The standard InChI is InChI=1S/C12H9N3O2/c1-2-15-6-8-3-10-11(17-7-16-10)4-9(8)14-5-12(15)13-1/h1-5H,6-7H2. The summed E-state index contributed by atoms with van der Waals surface area (Å²) in [7, 11) is 0. The summed E-state index contributed by atoms with van der Waals surface area (Å²) in [5.41, 5.74) is 2.03. The molecule has 1 aromatic heterocycles. The zero-order valence-electron chi connectivity index (χ0n) is 8.96. The van der Waals surface area contributed by atoms with Crippen LogP contribution in [0.2, 0.25) is 0 Å². The van der Waals surface area contributed by atoms with Gasteiger partial charge in [-0.2, -0.15) is 0 Å². The molecule has 0 amide bonds. The molecule has 1 aromatic carbocycles. The monoisotopic (exact) mass is 227 g/mol. The van der Waals surface area contributed by atoms with Gasteiger partial charge in [0.05, 0.1) is 18.4 Å². The van der Waals surface area contributed by atoms with Crippen molar-refractivity contribution in [3.05, 3.63) is 35.9 Å². The van der Waals surface area contributed by atoms with Gasteiger partial charge in [-0.05, 0) is 6.07 Å². The topological polar surface area (TPSA) is 48.6 Å². The number of imidazole rings is 1. The van der Waals surface area contributed by atoms with E-state index in [0.717, 1.165) is 35.1 Å². The van der Waals surface area contributed by atoms with Crippen LogP contribution in [0.5, 0.6) is 11.5 Å². The lowest BCUT2D eigenvalue weighted by molar-refractivity contribution is 0.174. The van der Waals surface area contributed by atoms with Gasteiger partial charge in [0.15, 0.2) is 17.3 Å². The summed E-state index contributed by atoms with van der Waals surface area (Å²) in [5, 5.41) is 0. The third kappa shape index (κ3) is 1.25. The lowest BCUT2D eigenvalue weighted by Gasteiger charge is -2.06. The molecule has 0 saturated carbocycles. The third-order valence-electron chi connectivity index (χ3n) is 2.98. The molecule has 0 fully saturated rings. The highest BCUT2D eigenvalue weighted by Crippen LogP contribution is 2.39. The summed E-state index contributed by atoms with van der Waals surface area (Å²) in [6.07, 6.45) is 5.49. The molecular formula is C12H9N3O2. The number of hydrogen-bond acceptors (Lipinski definition) is 4. The van der Waals surface area contributed by atoms with Crippen LogP contribution in [0.3, 0.4) is 0 Å². The molecule has 17 heavy (non-hydrogen) atoms. The van der Waals surface area contributed by atoms with Gasteiger partial charge in [0.1, 0.15) is 0 Å². The molecule has 5 nitrogen and oxygen atoms in total. The summed E-state index contributed by atoms with van der Waals surface area (Å²) in [5.74, 6) is 2.42. The Morgan fingerprint density at radius 2 is 2.06 bits per heavy atom. The molecule has 4 rings (SSSR count). The first-order chi connectivity index (χ1) is 8.40. The third-order valence-corrected chi connectivity index (χ3v) is 2.98. The zero-order chi connectivity index (χ0) is 11.2. The molecule has 2 aromatic rings. The van der Waals surface area contributed by atoms with Crippen LogP contribution < -0.4 is 9.47 Å². The van der Waals surface area contributed by atoms with Crippen LogP contribution >= 0.6 is 0 Å². The molecule has 0 saturated heterocycles. The van der Waals surface area contributed by atoms with Gasteiger partial charge in [0.25, 0.3) is 0 Å². The van der Waals surface area contributed by atoms with Crippen molar-refractivity contribution in [1.29, 1.82) is 0 Å². The predicted molar refractivity (Wildman–Crippen MR) is 61.1 cm³/mol. The van der Waals surface area contributed by atoms with E-state index in [1.165, 1.54) is 0 Å². The van der Waals surface area contributed by atoms with E-state index in [-0.39, 0.29) is 6.79 Å². The highest BCUT2D eigenvalue weighted by Gasteiger charge is 2.18. The number of fused-ring (bicyclic) bond motifs is 3. The van der Waals surface area contributed by atoms with Gasteiger partial charge in [0.2, 0.25) is 6.79 Å². The van der Waals surface area contributed by atoms with Gasteiger partial charge in [-0.15, -0.1) is 0 Å². The van der Waals surface area contributed by atoms with Crippen molar-refractivity contribution in [2.24, 2.45) is 4.99 Å². The van der Waals surface area contributed by atoms with Crippen LogP contribution in [-0.2, 0) is 6.54 Å². The minimum absolute atomic E-state index is 0.290. The van der Waals surface area contributed by atoms with Gasteiger partial charge < -0.3 is 14.0 Å². The smallest absolute Gasteiger partial charge is 0.231 e. The summed E-state index contributed by atoms with van der Waals surface area (Å²) in [6, 6.07) is 3.91. The van der Waals surface area contributed by atoms with E-state index >= 15 is 0 Å². The number of ether oxygens (including phenoxy) is 2. The van der Waals surface area contributed by atoms with E-state index < -0.39 is 0 Å². The SMILES string of the molecule is C1=Nc2cc3c(cc2Cn2ccnc21)OCO3. The number of nitrogens with zero attached hydrogens (tertiary/aromatic N) is 3. The van der Waals surface area contributed by atoms with E-state index in [0.29, 0.717) is 0 Å². The predicted octanol–water partition coefficient (Wildman–Crippen LogP) is 1.72. The van der Waals surface area contributed by atoms with Crippen molar-refractivity contribution in [1.82, 2.24) is 9.55 Å². The van der Waals surface area contributed by atoms with E-state index in [9.17, 15) is 0 Å². The molecule has 0 bridgehead atoms. The van der Waals surface area contributed by atoms with Crippen molar-refractivity contribution in [2.45, 2.75) is 6.54 Å². The number of aliphatic imine (C=N–C) groups is 1. The first-order valence-corrected chi connectivity index (χ1v) is 5.38. The van der Waals surface area contributed by atoms with Crippen LogP contribution in [0.25, 0.3) is 0 Å². The van der Waals surface area contributed by atoms with E-state index in [2.05, 4.69) is 14.5 Å². The molecule has 2 aliphatic rings. The molecule has 0 spiro atoms. The quantitative estimate of drug-likeness (QED) is 0.587. The minimum atomic E-state index is 0.290. The Kier molecular flexibility index (Phi) is 1.61. The molecule has 0 radical (unpaired) electrons. The largest absolute Gasteiger partial charge is 0.454 e. The lowest BCUT2D eigenvalue weighted by atomic mass is 10.1. The Labute approximate surface area is 97.3 Å². The summed E-state index contributed by atoms with van der Waals surface area (Å²) in [6.45, 7) is 1.04. The highest BCUT2D eigenvalue weighted by atomic mass is 16.7. The number of rotatable bonds is 0. The summed E-state index contributed by atoms with van der Waals surface area (Å²) in [4.78, 5) is 8.66. The van der Waals surface area contributed by atoms with Crippen LogP contribution in [0.4, 0.5) is 5.69 Å². The Bertz CT molecular complexity index is 631. The first kappa shape index (κ1) is 8.81. The Morgan fingerprint density at radius 3 is 3.00 bits per heavy atom. The fraction of sp³-hybridized carbons (Fsp3) is 0.167. The van der Waals surface area contributed by atoms with Crippen LogP contribution in [0.15, 0.2) is 29.5 Å². The van der Waals surface area contributed by atoms with Gasteiger partial charge in [-0.3, -0.25) is 4.99 Å². The number of benzene rings is 1. The Morgan fingerprint density at radius 1 is 1.18 bits per heavy atom. The molecule has 0 unspecified atom stereocenters. The maximum Gasteiger partial charge on any atom is 0.231 e. The van der Waals surface area contributed by atoms with Gasteiger partial charge in [-0.1, -0.05) is 0 Å². The molecule has 0 N–H and O–H groups in total. The molecular weight excluding hydrogens is 218 g/mol. The normalized spacial score (nSPS) is 15.3. The van der Waals surface area contributed by atoms with Crippen molar-refractivity contribution < 1.29 is 9.47 Å². The average Bonchev–Trinajstić information content (AvgIpc) is 2.92. The summed E-state index contributed by atoms with van der Waals surface area (Å²) >= 11 is 0. The van der Waals surface area contributed by atoms with Crippen molar-refractivity contribution in [2.75, 3.05) is 6.79 Å². The number of hydrogen-bond donors (Lipinski definition) is 0. The van der Waals surface area contributed by atoms with Crippen LogP contribution in [0.1, 0.15) is 11.4 Å². The van der Waals surface area contributed by atoms with E-state index in [1.807, 2.05) is 18.3 Å². The molecule has 0 atom stereocenters.